The van der Waals surface area contributed by atoms with Crippen molar-refractivity contribution in [1.82, 2.24) is 10.2 Å². The smallest absolute Gasteiger partial charge is 0.0197 e. The molecule has 0 aromatic carbocycles. The number of unbranched alkanes of at least 4 members (excludes halogenated alkanes) is 3. The minimum Gasteiger partial charge on any atom is -0.311 e. The largest absolute Gasteiger partial charge is 0.311 e. The van der Waals surface area contributed by atoms with Crippen LogP contribution in [0.25, 0.3) is 0 Å². The van der Waals surface area contributed by atoms with E-state index in [1.54, 1.807) is 0 Å². The van der Waals surface area contributed by atoms with Crippen LogP contribution in [0.3, 0.4) is 0 Å². The normalized spacial score (nSPS) is 22.9. The first kappa shape index (κ1) is 14.0. The third kappa shape index (κ3) is 5.86. The van der Waals surface area contributed by atoms with Crippen LogP contribution in [0.1, 0.15) is 59.3 Å². The van der Waals surface area contributed by atoms with Crippen LogP contribution in [0.2, 0.25) is 0 Å². The molecule has 0 amide bonds. The van der Waals surface area contributed by atoms with Gasteiger partial charge >= 0.3 is 0 Å². The number of hydrogen-bond acceptors (Lipinski definition) is 2. The SMILES string of the molecule is CCCCCCN1CCCC(NC(C)C)C1. The predicted octanol–water partition coefficient (Wildman–Crippen LogP) is 3.03. The quantitative estimate of drug-likeness (QED) is 0.671. The van der Waals surface area contributed by atoms with Crippen LogP contribution in [0, 0.1) is 0 Å². The zero-order chi connectivity index (χ0) is 11.8. The molecule has 0 radical (unpaired) electrons. The van der Waals surface area contributed by atoms with E-state index < -0.39 is 0 Å². The molecular formula is C14H30N2. The van der Waals surface area contributed by atoms with Crippen molar-refractivity contribution in [2.24, 2.45) is 0 Å². The second-order valence-electron chi connectivity index (χ2n) is 5.52. The summed E-state index contributed by atoms with van der Waals surface area (Å²) in [6.07, 6.45) is 8.29. The molecule has 1 saturated heterocycles. The molecule has 1 heterocycles. The van der Waals surface area contributed by atoms with Crippen LogP contribution in [-0.2, 0) is 0 Å². The number of rotatable bonds is 7. The lowest BCUT2D eigenvalue weighted by Gasteiger charge is -2.34. The molecule has 0 saturated carbocycles. The Morgan fingerprint density at radius 2 is 2.06 bits per heavy atom. The number of piperidine rings is 1. The first-order valence-corrected chi connectivity index (χ1v) is 7.20. The van der Waals surface area contributed by atoms with E-state index in [0.717, 1.165) is 6.04 Å². The molecule has 1 aliphatic heterocycles. The van der Waals surface area contributed by atoms with E-state index in [4.69, 9.17) is 0 Å². The summed E-state index contributed by atoms with van der Waals surface area (Å²) >= 11 is 0. The molecule has 1 N–H and O–H groups in total. The molecular weight excluding hydrogens is 196 g/mol. The second kappa shape index (κ2) is 8.08. The van der Waals surface area contributed by atoms with Crippen LogP contribution in [0.4, 0.5) is 0 Å². The van der Waals surface area contributed by atoms with E-state index in [-0.39, 0.29) is 0 Å². The van der Waals surface area contributed by atoms with Gasteiger partial charge in [0, 0.05) is 18.6 Å². The van der Waals surface area contributed by atoms with Gasteiger partial charge in [0.05, 0.1) is 0 Å². The molecule has 2 heteroatoms. The zero-order valence-electron chi connectivity index (χ0n) is 11.5. The minimum atomic E-state index is 0.630. The molecule has 0 bridgehead atoms. The van der Waals surface area contributed by atoms with Crippen LogP contribution in [-0.4, -0.2) is 36.6 Å². The summed E-state index contributed by atoms with van der Waals surface area (Å²) in [6, 6.07) is 1.37. The van der Waals surface area contributed by atoms with Gasteiger partial charge in [-0.3, -0.25) is 0 Å². The lowest BCUT2D eigenvalue weighted by molar-refractivity contribution is 0.182. The maximum absolute atomic E-state index is 3.67. The van der Waals surface area contributed by atoms with Crippen LogP contribution in [0.5, 0.6) is 0 Å². The molecule has 1 fully saturated rings. The molecule has 0 aromatic rings. The van der Waals surface area contributed by atoms with E-state index in [1.165, 1.54) is 58.2 Å². The number of nitrogens with zero attached hydrogens (tertiary/aromatic N) is 1. The van der Waals surface area contributed by atoms with E-state index in [2.05, 4.69) is 31.0 Å². The summed E-state index contributed by atoms with van der Waals surface area (Å²) in [5.74, 6) is 0. The summed E-state index contributed by atoms with van der Waals surface area (Å²) in [4.78, 5) is 2.65. The Labute approximate surface area is 102 Å². The monoisotopic (exact) mass is 226 g/mol. The lowest BCUT2D eigenvalue weighted by Crippen LogP contribution is -2.47. The fourth-order valence-electron chi connectivity index (χ4n) is 2.63. The van der Waals surface area contributed by atoms with Gasteiger partial charge in [-0.05, 0) is 32.4 Å². The van der Waals surface area contributed by atoms with E-state index >= 15 is 0 Å². The summed E-state index contributed by atoms with van der Waals surface area (Å²) in [5.41, 5.74) is 0. The van der Waals surface area contributed by atoms with Gasteiger partial charge in [-0.15, -0.1) is 0 Å². The average molecular weight is 226 g/mol. The van der Waals surface area contributed by atoms with Gasteiger partial charge in [0.2, 0.25) is 0 Å². The van der Waals surface area contributed by atoms with Crippen molar-refractivity contribution in [2.75, 3.05) is 19.6 Å². The standard InChI is InChI=1S/C14H30N2/c1-4-5-6-7-10-16-11-8-9-14(12-16)15-13(2)3/h13-15H,4-12H2,1-3H3. The molecule has 0 aliphatic carbocycles. The third-order valence-electron chi connectivity index (χ3n) is 3.40. The maximum atomic E-state index is 3.67. The van der Waals surface area contributed by atoms with Crippen LogP contribution >= 0.6 is 0 Å². The van der Waals surface area contributed by atoms with Crippen molar-refractivity contribution in [3.8, 4) is 0 Å². The Morgan fingerprint density at radius 1 is 1.25 bits per heavy atom. The fourth-order valence-corrected chi connectivity index (χ4v) is 2.63. The van der Waals surface area contributed by atoms with Crippen molar-refractivity contribution in [1.29, 1.82) is 0 Å². The second-order valence-corrected chi connectivity index (χ2v) is 5.52. The van der Waals surface area contributed by atoms with E-state index in [1.807, 2.05) is 0 Å². The van der Waals surface area contributed by atoms with Gasteiger partial charge in [-0.2, -0.15) is 0 Å². The minimum absolute atomic E-state index is 0.630. The average Bonchev–Trinajstić information content (AvgIpc) is 2.24. The van der Waals surface area contributed by atoms with Gasteiger partial charge in [-0.1, -0.05) is 40.0 Å². The van der Waals surface area contributed by atoms with Crippen molar-refractivity contribution in [3.05, 3.63) is 0 Å². The molecule has 1 atom stereocenters. The van der Waals surface area contributed by atoms with Crippen molar-refractivity contribution < 1.29 is 0 Å². The highest BCUT2D eigenvalue weighted by Gasteiger charge is 2.19. The summed E-state index contributed by atoms with van der Waals surface area (Å²) < 4.78 is 0. The highest BCUT2D eigenvalue weighted by molar-refractivity contribution is 4.79. The molecule has 0 spiro atoms. The Hall–Kier alpha value is -0.0800. The van der Waals surface area contributed by atoms with Gasteiger partial charge < -0.3 is 10.2 Å². The highest BCUT2D eigenvalue weighted by atomic mass is 15.2. The van der Waals surface area contributed by atoms with Crippen LogP contribution in [0.15, 0.2) is 0 Å². The topological polar surface area (TPSA) is 15.3 Å². The van der Waals surface area contributed by atoms with Crippen molar-refractivity contribution in [3.63, 3.8) is 0 Å². The number of hydrogen-bond donors (Lipinski definition) is 1. The molecule has 96 valence electrons. The molecule has 16 heavy (non-hydrogen) atoms. The first-order chi connectivity index (χ1) is 7.72. The molecule has 1 unspecified atom stereocenters. The van der Waals surface area contributed by atoms with Crippen molar-refractivity contribution >= 4 is 0 Å². The molecule has 1 aliphatic rings. The maximum Gasteiger partial charge on any atom is 0.0197 e. The van der Waals surface area contributed by atoms with Gasteiger partial charge in [0.25, 0.3) is 0 Å². The lowest BCUT2D eigenvalue weighted by atomic mass is 10.0. The van der Waals surface area contributed by atoms with Gasteiger partial charge in [0.15, 0.2) is 0 Å². The molecule has 1 rings (SSSR count). The molecule has 2 nitrogen and oxygen atoms in total. The zero-order valence-corrected chi connectivity index (χ0v) is 11.5. The van der Waals surface area contributed by atoms with E-state index in [0.29, 0.717) is 6.04 Å². The summed E-state index contributed by atoms with van der Waals surface area (Å²) in [7, 11) is 0. The Kier molecular flexibility index (Phi) is 7.06. The summed E-state index contributed by atoms with van der Waals surface area (Å²) in [6.45, 7) is 10.7. The van der Waals surface area contributed by atoms with E-state index in [9.17, 15) is 0 Å². The van der Waals surface area contributed by atoms with Crippen molar-refractivity contribution in [2.45, 2.75) is 71.4 Å². The Balaban J connectivity index is 2.12. The number of nitrogens with one attached hydrogen (secondary N) is 1. The Bertz CT molecular complexity index is 168. The van der Waals surface area contributed by atoms with Gasteiger partial charge in [-0.25, -0.2) is 0 Å². The highest BCUT2D eigenvalue weighted by Crippen LogP contribution is 2.12. The third-order valence-corrected chi connectivity index (χ3v) is 3.40. The molecule has 0 aromatic heterocycles. The first-order valence-electron chi connectivity index (χ1n) is 7.20. The summed E-state index contributed by atoms with van der Waals surface area (Å²) in [5, 5.41) is 3.67. The predicted molar refractivity (Wildman–Crippen MR) is 71.9 cm³/mol. The van der Waals surface area contributed by atoms with Crippen LogP contribution < -0.4 is 5.32 Å². The van der Waals surface area contributed by atoms with Gasteiger partial charge in [0.1, 0.15) is 0 Å². The Morgan fingerprint density at radius 3 is 2.75 bits per heavy atom. The number of likely N-dealkylation sites (tertiary alicyclic amines) is 1. The fraction of sp³-hybridized carbons (Fsp3) is 1.00.